The molecular weight excluding hydrogens is 428 g/mol. The lowest BCUT2D eigenvalue weighted by molar-refractivity contribution is -0.115. The fraction of sp³-hybridized carbons (Fsp3) is 0.300. The third kappa shape index (κ3) is 5.88. The molecule has 0 heterocycles. The first kappa shape index (κ1) is 21.6. The second kappa shape index (κ2) is 10.6. The van der Waals surface area contributed by atoms with Crippen molar-refractivity contribution < 1.29 is 23.8 Å². The summed E-state index contributed by atoms with van der Waals surface area (Å²) in [5.41, 5.74) is 0.967. The van der Waals surface area contributed by atoms with Crippen LogP contribution in [0.5, 0.6) is 17.2 Å². The van der Waals surface area contributed by atoms with Crippen LogP contribution in [0.2, 0.25) is 0 Å². The van der Waals surface area contributed by atoms with Crippen LogP contribution in [0, 0.1) is 0 Å². The molecule has 0 saturated carbocycles. The van der Waals surface area contributed by atoms with Gasteiger partial charge in [-0.25, -0.2) is 0 Å². The molecule has 0 bridgehead atoms. The van der Waals surface area contributed by atoms with E-state index in [4.69, 9.17) is 14.2 Å². The smallest absolute Gasteiger partial charge is 0.251 e. The summed E-state index contributed by atoms with van der Waals surface area (Å²) in [6.07, 6.45) is 0. The molecule has 0 spiro atoms. The highest BCUT2D eigenvalue weighted by molar-refractivity contribution is 9.10. The molecule has 8 heteroatoms. The van der Waals surface area contributed by atoms with Crippen LogP contribution in [-0.4, -0.2) is 38.7 Å². The average molecular weight is 451 g/mol. The van der Waals surface area contributed by atoms with Crippen molar-refractivity contribution in [2.45, 2.75) is 13.8 Å². The fourth-order valence-corrected chi connectivity index (χ4v) is 2.96. The number of rotatable bonds is 9. The Kier molecular flexibility index (Phi) is 8.13. The predicted octanol–water partition coefficient (Wildman–Crippen LogP) is 3.62. The van der Waals surface area contributed by atoms with Crippen LogP contribution in [0.15, 0.2) is 40.9 Å². The predicted molar refractivity (Wildman–Crippen MR) is 110 cm³/mol. The second-order valence-corrected chi connectivity index (χ2v) is 6.47. The second-order valence-electron chi connectivity index (χ2n) is 5.61. The molecule has 2 aromatic rings. The van der Waals surface area contributed by atoms with E-state index in [2.05, 4.69) is 26.6 Å². The zero-order valence-corrected chi connectivity index (χ0v) is 17.6. The number of amides is 2. The summed E-state index contributed by atoms with van der Waals surface area (Å²) in [5, 5.41) is 5.30. The first-order valence-electron chi connectivity index (χ1n) is 8.79. The van der Waals surface area contributed by atoms with E-state index in [-0.39, 0.29) is 12.5 Å². The van der Waals surface area contributed by atoms with Crippen LogP contribution in [-0.2, 0) is 4.79 Å². The molecule has 2 N–H and O–H groups in total. The number of carbonyl (C=O) groups is 2. The molecule has 2 rings (SSSR count). The van der Waals surface area contributed by atoms with Crippen molar-refractivity contribution in [1.82, 2.24) is 5.32 Å². The van der Waals surface area contributed by atoms with Gasteiger partial charge in [0, 0.05) is 11.3 Å². The number of ether oxygens (including phenoxy) is 3. The van der Waals surface area contributed by atoms with Gasteiger partial charge in [0.15, 0.2) is 11.5 Å². The van der Waals surface area contributed by atoms with Gasteiger partial charge in [0.25, 0.3) is 5.91 Å². The molecule has 0 aliphatic carbocycles. The number of anilines is 1. The molecule has 2 aromatic carbocycles. The normalized spacial score (nSPS) is 10.1. The minimum absolute atomic E-state index is 0.167. The van der Waals surface area contributed by atoms with E-state index in [0.29, 0.717) is 40.4 Å². The molecule has 0 atom stereocenters. The van der Waals surface area contributed by atoms with Gasteiger partial charge in [-0.1, -0.05) is 0 Å². The summed E-state index contributed by atoms with van der Waals surface area (Å²) >= 11 is 3.37. The Morgan fingerprint density at radius 3 is 2.32 bits per heavy atom. The SMILES string of the molecule is CCOc1ccc(NC(=O)CNC(=O)c2cc(Br)c(OCC)c(OC)c2)cc1. The van der Waals surface area contributed by atoms with Gasteiger partial charge >= 0.3 is 0 Å². The number of nitrogens with one attached hydrogen (secondary N) is 2. The third-order valence-electron chi connectivity index (χ3n) is 3.64. The molecular formula is C20H23BrN2O5. The maximum absolute atomic E-state index is 12.4. The molecule has 7 nitrogen and oxygen atoms in total. The number of halogens is 1. The highest BCUT2D eigenvalue weighted by atomic mass is 79.9. The van der Waals surface area contributed by atoms with Crippen molar-refractivity contribution in [3.05, 3.63) is 46.4 Å². The summed E-state index contributed by atoms with van der Waals surface area (Å²) < 4.78 is 16.7. The molecule has 28 heavy (non-hydrogen) atoms. The molecule has 0 unspecified atom stereocenters. The number of carbonyl (C=O) groups excluding carboxylic acids is 2. The third-order valence-corrected chi connectivity index (χ3v) is 4.23. The first-order valence-corrected chi connectivity index (χ1v) is 9.59. The van der Waals surface area contributed by atoms with Crippen LogP contribution in [0.4, 0.5) is 5.69 Å². The maximum atomic E-state index is 12.4. The Balaban J connectivity index is 1.95. The van der Waals surface area contributed by atoms with Crippen LogP contribution in [0.3, 0.4) is 0 Å². The highest BCUT2D eigenvalue weighted by Crippen LogP contribution is 2.36. The van der Waals surface area contributed by atoms with E-state index >= 15 is 0 Å². The molecule has 0 aliphatic heterocycles. The quantitative estimate of drug-likeness (QED) is 0.609. The molecule has 0 aromatic heterocycles. The lowest BCUT2D eigenvalue weighted by Gasteiger charge is -2.13. The summed E-state index contributed by atoms with van der Waals surface area (Å²) in [5.74, 6) is 0.942. The lowest BCUT2D eigenvalue weighted by atomic mass is 10.2. The molecule has 0 aliphatic rings. The highest BCUT2D eigenvalue weighted by Gasteiger charge is 2.16. The van der Waals surface area contributed by atoms with E-state index in [0.717, 1.165) is 5.75 Å². The summed E-state index contributed by atoms with van der Waals surface area (Å²) in [4.78, 5) is 24.5. The van der Waals surface area contributed by atoms with E-state index in [1.165, 1.54) is 7.11 Å². The molecule has 0 fully saturated rings. The minimum atomic E-state index is -0.399. The van der Waals surface area contributed by atoms with Gasteiger partial charge in [0.1, 0.15) is 5.75 Å². The Morgan fingerprint density at radius 2 is 1.71 bits per heavy atom. The van der Waals surface area contributed by atoms with Gasteiger partial charge in [-0.05, 0) is 66.2 Å². The number of hydrogen-bond donors (Lipinski definition) is 2. The summed E-state index contributed by atoms with van der Waals surface area (Å²) in [7, 11) is 1.50. The van der Waals surface area contributed by atoms with Crippen molar-refractivity contribution in [3.63, 3.8) is 0 Å². The van der Waals surface area contributed by atoms with Gasteiger partial charge < -0.3 is 24.8 Å². The summed E-state index contributed by atoms with van der Waals surface area (Å²) in [6.45, 7) is 4.63. The molecule has 0 saturated heterocycles. The zero-order valence-electron chi connectivity index (χ0n) is 16.0. The standard InChI is InChI=1S/C20H23BrN2O5/c1-4-27-15-8-6-14(7-9-15)23-18(24)12-22-20(25)13-10-16(21)19(28-5-2)17(11-13)26-3/h6-11H,4-5,12H2,1-3H3,(H,22,25)(H,23,24). The zero-order chi connectivity index (χ0) is 20.5. The monoisotopic (exact) mass is 450 g/mol. The van der Waals surface area contributed by atoms with Gasteiger partial charge in [-0.15, -0.1) is 0 Å². The van der Waals surface area contributed by atoms with Crippen LogP contribution >= 0.6 is 15.9 Å². The van der Waals surface area contributed by atoms with E-state index in [9.17, 15) is 9.59 Å². The molecule has 150 valence electrons. The van der Waals surface area contributed by atoms with Gasteiger partial charge in [-0.2, -0.15) is 0 Å². The lowest BCUT2D eigenvalue weighted by Crippen LogP contribution is -2.32. The Hall–Kier alpha value is -2.74. The summed E-state index contributed by atoms with van der Waals surface area (Å²) in [6, 6.07) is 10.2. The van der Waals surface area contributed by atoms with Crippen molar-refractivity contribution >= 4 is 33.4 Å². The van der Waals surface area contributed by atoms with Gasteiger partial charge in [-0.3, -0.25) is 9.59 Å². The molecule has 0 radical (unpaired) electrons. The Morgan fingerprint density at radius 1 is 1.04 bits per heavy atom. The maximum Gasteiger partial charge on any atom is 0.251 e. The van der Waals surface area contributed by atoms with Gasteiger partial charge in [0.2, 0.25) is 5.91 Å². The topological polar surface area (TPSA) is 85.9 Å². The van der Waals surface area contributed by atoms with Crippen molar-refractivity contribution in [1.29, 1.82) is 0 Å². The van der Waals surface area contributed by atoms with Crippen LogP contribution in [0.25, 0.3) is 0 Å². The average Bonchev–Trinajstić information content (AvgIpc) is 2.69. The van der Waals surface area contributed by atoms with Crippen LogP contribution in [0.1, 0.15) is 24.2 Å². The Bertz CT molecular complexity index is 824. The fourth-order valence-electron chi connectivity index (χ4n) is 2.40. The van der Waals surface area contributed by atoms with Gasteiger partial charge in [0.05, 0.1) is 31.3 Å². The van der Waals surface area contributed by atoms with E-state index < -0.39 is 5.91 Å². The van der Waals surface area contributed by atoms with Crippen molar-refractivity contribution in [3.8, 4) is 17.2 Å². The largest absolute Gasteiger partial charge is 0.494 e. The van der Waals surface area contributed by atoms with Crippen LogP contribution < -0.4 is 24.8 Å². The molecule has 2 amide bonds. The van der Waals surface area contributed by atoms with E-state index in [1.54, 1.807) is 36.4 Å². The number of benzene rings is 2. The van der Waals surface area contributed by atoms with Crippen molar-refractivity contribution in [2.75, 3.05) is 32.2 Å². The first-order chi connectivity index (χ1) is 13.5. The van der Waals surface area contributed by atoms with Crippen molar-refractivity contribution in [2.24, 2.45) is 0 Å². The number of hydrogen-bond acceptors (Lipinski definition) is 5. The minimum Gasteiger partial charge on any atom is -0.494 e. The Labute approximate surface area is 172 Å². The van der Waals surface area contributed by atoms with E-state index in [1.807, 2.05) is 13.8 Å². The number of methoxy groups -OCH3 is 1.